The third kappa shape index (κ3) is 3.09. The van der Waals surface area contributed by atoms with Crippen molar-refractivity contribution in [1.29, 1.82) is 0 Å². The van der Waals surface area contributed by atoms with Gasteiger partial charge in [-0.25, -0.2) is 0 Å². The van der Waals surface area contributed by atoms with Crippen LogP contribution >= 0.6 is 0 Å². The van der Waals surface area contributed by atoms with E-state index in [1.54, 1.807) is 0 Å². The van der Waals surface area contributed by atoms with E-state index in [0.717, 1.165) is 19.4 Å². The van der Waals surface area contributed by atoms with Gasteiger partial charge in [-0.3, -0.25) is 4.99 Å². The zero-order valence-corrected chi connectivity index (χ0v) is 10.1. The zero-order chi connectivity index (χ0) is 11.4. The van der Waals surface area contributed by atoms with Crippen LogP contribution in [0.4, 0.5) is 0 Å². The second kappa shape index (κ2) is 5.15. The number of hydrogen-bond acceptors (Lipinski definition) is 2. The Kier molecular flexibility index (Phi) is 3.60. The molecule has 1 heterocycles. The van der Waals surface area contributed by atoms with Gasteiger partial charge in [-0.2, -0.15) is 0 Å². The molecule has 0 aliphatic carbocycles. The SMILES string of the molecule is CC(C)CC1=NC[C@H](Cc2ccccc2)N1. The van der Waals surface area contributed by atoms with Crippen molar-refractivity contribution in [2.45, 2.75) is 32.7 Å². The molecule has 0 unspecified atom stereocenters. The van der Waals surface area contributed by atoms with Gasteiger partial charge in [-0.1, -0.05) is 44.2 Å². The van der Waals surface area contributed by atoms with Crippen LogP contribution in [0.25, 0.3) is 0 Å². The van der Waals surface area contributed by atoms with E-state index in [4.69, 9.17) is 0 Å². The second-order valence-corrected chi connectivity index (χ2v) is 4.92. The third-order valence-electron chi connectivity index (χ3n) is 2.80. The highest BCUT2D eigenvalue weighted by Gasteiger charge is 2.17. The molecule has 0 spiro atoms. The summed E-state index contributed by atoms with van der Waals surface area (Å²) in [4.78, 5) is 4.56. The normalized spacial score (nSPS) is 19.7. The lowest BCUT2D eigenvalue weighted by atomic mass is 10.1. The number of hydrogen-bond donors (Lipinski definition) is 1. The Morgan fingerprint density at radius 2 is 2.06 bits per heavy atom. The highest BCUT2D eigenvalue weighted by molar-refractivity contribution is 5.84. The van der Waals surface area contributed by atoms with Crippen LogP contribution in [0.15, 0.2) is 35.3 Å². The number of aliphatic imine (C=N–C) groups is 1. The molecular formula is C14H20N2. The first-order chi connectivity index (χ1) is 7.74. The van der Waals surface area contributed by atoms with Crippen LogP contribution in [-0.2, 0) is 6.42 Å². The van der Waals surface area contributed by atoms with Crippen LogP contribution in [0.2, 0.25) is 0 Å². The molecule has 2 nitrogen and oxygen atoms in total. The molecule has 16 heavy (non-hydrogen) atoms. The van der Waals surface area contributed by atoms with E-state index in [9.17, 15) is 0 Å². The van der Waals surface area contributed by atoms with Gasteiger partial charge in [-0.15, -0.1) is 0 Å². The van der Waals surface area contributed by atoms with Gasteiger partial charge in [-0.05, 0) is 17.9 Å². The van der Waals surface area contributed by atoms with E-state index < -0.39 is 0 Å². The predicted octanol–water partition coefficient (Wildman–Crippen LogP) is 2.65. The Morgan fingerprint density at radius 3 is 2.75 bits per heavy atom. The highest BCUT2D eigenvalue weighted by atomic mass is 15.1. The topological polar surface area (TPSA) is 24.4 Å². The fourth-order valence-corrected chi connectivity index (χ4v) is 2.07. The number of nitrogens with one attached hydrogen (secondary N) is 1. The van der Waals surface area contributed by atoms with Gasteiger partial charge in [0.15, 0.2) is 0 Å². The number of nitrogens with zero attached hydrogens (tertiary/aromatic N) is 1. The lowest BCUT2D eigenvalue weighted by Gasteiger charge is -2.12. The van der Waals surface area contributed by atoms with Crippen molar-refractivity contribution in [2.75, 3.05) is 6.54 Å². The quantitative estimate of drug-likeness (QED) is 0.822. The van der Waals surface area contributed by atoms with Crippen molar-refractivity contribution in [1.82, 2.24) is 5.32 Å². The van der Waals surface area contributed by atoms with Gasteiger partial charge >= 0.3 is 0 Å². The molecule has 0 radical (unpaired) electrons. The molecule has 0 amide bonds. The maximum atomic E-state index is 4.56. The van der Waals surface area contributed by atoms with Crippen LogP contribution in [0, 0.1) is 5.92 Å². The molecule has 0 fully saturated rings. The molecule has 0 aromatic heterocycles. The molecule has 86 valence electrons. The first-order valence-corrected chi connectivity index (χ1v) is 6.08. The fourth-order valence-electron chi connectivity index (χ4n) is 2.07. The molecule has 2 heteroatoms. The van der Waals surface area contributed by atoms with E-state index >= 15 is 0 Å². The third-order valence-corrected chi connectivity index (χ3v) is 2.80. The Morgan fingerprint density at radius 1 is 1.31 bits per heavy atom. The highest BCUT2D eigenvalue weighted by Crippen LogP contribution is 2.10. The molecular weight excluding hydrogens is 196 g/mol. The first-order valence-electron chi connectivity index (χ1n) is 6.08. The molecule has 1 atom stereocenters. The van der Waals surface area contributed by atoms with Gasteiger partial charge in [0.2, 0.25) is 0 Å². The Hall–Kier alpha value is -1.31. The lowest BCUT2D eigenvalue weighted by molar-refractivity contribution is 0.632. The molecule has 0 saturated carbocycles. The average molecular weight is 216 g/mol. The van der Waals surface area contributed by atoms with E-state index in [0.29, 0.717) is 12.0 Å². The van der Waals surface area contributed by atoms with Gasteiger partial charge in [0.25, 0.3) is 0 Å². The van der Waals surface area contributed by atoms with Crippen molar-refractivity contribution in [2.24, 2.45) is 10.9 Å². The van der Waals surface area contributed by atoms with Gasteiger partial charge in [0.1, 0.15) is 0 Å². The van der Waals surface area contributed by atoms with Crippen LogP contribution in [-0.4, -0.2) is 18.4 Å². The Balaban J connectivity index is 1.83. The molecule has 0 bridgehead atoms. The molecule has 1 aliphatic rings. The minimum Gasteiger partial charge on any atom is -0.369 e. The molecule has 1 N–H and O–H groups in total. The molecule has 1 aromatic carbocycles. The van der Waals surface area contributed by atoms with E-state index in [2.05, 4.69) is 54.5 Å². The zero-order valence-electron chi connectivity index (χ0n) is 10.1. The number of amidine groups is 1. The van der Waals surface area contributed by atoms with E-state index in [1.165, 1.54) is 11.4 Å². The van der Waals surface area contributed by atoms with Crippen LogP contribution in [0.3, 0.4) is 0 Å². The van der Waals surface area contributed by atoms with Gasteiger partial charge < -0.3 is 5.32 Å². The van der Waals surface area contributed by atoms with Crippen molar-refractivity contribution < 1.29 is 0 Å². The molecule has 2 rings (SSSR count). The fraction of sp³-hybridized carbons (Fsp3) is 0.500. The van der Waals surface area contributed by atoms with Crippen LogP contribution in [0.1, 0.15) is 25.8 Å². The Bertz CT molecular complexity index is 354. The maximum Gasteiger partial charge on any atom is 0.0969 e. The molecule has 0 saturated heterocycles. The second-order valence-electron chi connectivity index (χ2n) is 4.92. The summed E-state index contributed by atoms with van der Waals surface area (Å²) in [5, 5.41) is 3.52. The smallest absolute Gasteiger partial charge is 0.0969 e. The molecule has 1 aliphatic heterocycles. The standard InChI is InChI=1S/C14H20N2/c1-11(2)8-14-15-10-13(16-14)9-12-6-4-3-5-7-12/h3-7,11,13H,8-10H2,1-2H3,(H,15,16)/t13-/m0/s1. The monoisotopic (exact) mass is 216 g/mol. The summed E-state index contributed by atoms with van der Waals surface area (Å²) < 4.78 is 0. The summed E-state index contributed by atoms with van der Waals surface area (Å²) >= 11 is 0. The minimum absolute atomic E-state index is 0.496. The summed E-state index contributed by atoms with van der Waals surface area (Å²) in [6, 6.07) is 11.1. The van der Waals surface area contributed by atoms with E-state index in [1.807, 2.05) is 0 Å². The van der Waals surface area contributed by atoms with Crippen LogP contribution < -0.4 is 5.32 Å². The number of rotatable bonds is 4. The Labute approximate surface area is 97.8 Å². The van der Waals surface area contributed by atoms with Crippen molar-refractivity contribution in [3.8, 4) is 0 Å². The van der Waals surface area contributed by atoms with Gasteiger partial charge in [0.05, 0.1) is 18.4 Å². The lowest BCUT2D eigenvalue weighted by Crippen LogP contribution is -2.32. The summed E-state index contributed by atoms with van der Waals surface area (Å²) in [5.41, 5.74) is 1.39. The number of benzene rings is 1. The minimum atomic E-state index is 0.496. The maximum absolute atomic E-state index is 4.56. The van der Waals surface area contributed by atoms with Crippen molar-refractivity contribution >= 4 is 5.84 Å². The predicted molar refractivity (Wildman–Crippen MR) is 68.8 cm³/mol. The van der Waals surface area contributed by atoms with Crippen molar-refractivity contribution in [3.63, 3.8) is 0 Å². The van der Waals surface area contributed by atoms with E-state index in [-0.39, 0.29) is 0 Å². The van der Waals surface area contributed by atoms with Crippen LogP contribution in [0.5, 0.6) is 0 Å². The summed E-state index contributed by atoms with van der Waals surface area (Å²) in [7, 11) is 0. The molecule has 1 aromatic rings. The summed E-state index contributed by atoms with van der Waals surface area (Å²) in [6.45, 7) is 5.39. The average Bonchev–Trinajstić information content (AvgIpc) is 2.66. The van der Waals surface area contributed by atoms with Gasteiger partial charge in [0, 0.05) is 6.42 Å². The largest absolute Gasteiger partial charge is 0.369 e. The first kappa shape index (κ1) is 11.2. The van der Waals surface area contributed by atoms with Crippen molar-refractivity contribution in [3.05, 3.63) is 35.9 Å². The summed E-state index contributed by atoms with van der Waals surface area (Å²) in [6.07, 6.45) is 2.15. The summed E-state index contributed by atoms with van der Waals surface area (Å²) in [5.74, 6) is 1.87.